The van der Waals surface area contributed by atoms with E-state index in [2.05, 4.69) is 34.1 Å². The number of hydrogen-bond acceptors (Lipinski definition) is 5. The molecule has 2 fully saturated rings. The second-order valence-corrected chi connectivity index (χ2v) is 9.60. The number of carbonyl (C=O) groups is 1. The molecule has 1 saturated carbocycles. The molecule has 0 radical (unpaired) electrons. The van der Waals surface area contributed by atoms with E-state index in [0.717, 1.165) is 50.1 Å². The van der Waals surface area contributed by atoms with Crippen LogP contribution in [0.15, 0.2) is 12.1 Å². The van der Waals surface area contributed by atoms with Crippen LogP contribution < -0.4 is 10.1 Å². The van der Waals surface area contributed by atoms with Gasteiger partial charge in [0.2, 0.25) is 5.88 Å². The SMILES string of the molecule is CCC(CC)Oc1ccc2c(C(=O)NC3CCN(CC4CCCCC4)CC3)nn(C)c2n1. The zero-order chi connectivity index (χ0) is 22.5. The van der Waals surface area contributed by atoms with Crippen LogP contribution in [0.5, 0.6) is 5.88 Å². The molecule has 0 bridgehead atoms. The number of aryl methyl sites for hydroxylation is 1. The van der Waals surface area contributed by atoms with Gasteiger partial charge in [-0.2, -0.15) is 10.1 Å². The number of nitrogens with zero attached hydrogens (tertiary/aromatic N) is 4. The Morgan fingerprint density at radius 3 is 2.53 bits per heavy atom. The lowest BCUT2D eigenvalue weighted by Gasteiger charge is -2.35. The number of carbonyl (C=O) groups excluding carboxylic acids is 1. The van der Waals surface area contributed by atoms with Gasteiger partial charge >= 0.3 is 0 Å². The van der Waals surface area contributed by atoms with Crippen LogP contribution in [-0.4, -0.2) is 57.4 Å². The van der Waals surface area contributed by atoms with E-state index in [1.165, 1.54) is 38.6 Å². The van der Waals surface area contributed by atoms with Crippen molar-refractivity contribution in [2.45, 2.75) is 83.8 Å². The molecule has 7 nitrogen and oxygen atoms in total. The van der Waals surface area contributed by atoms with Crippen LogP contribution in [0.4, 0.5) is 0 Å². The Morgan fingerprint density at radius 2 is 1.84 bits per heavy atom. The van der Waals surface area contributed by atoms with E-state index in [4.69, 9.17) is 4.74 Å². The fourth-order valence-corrected chi connectivity index (χ4v) is 5.22. The zero-order valence-corrected chi connectivity index (χ0v) is 20.0. The summed E-state index contributed by atoms with van der Waals surface area (Å²) in [5.74, 6) is 1.37. The van der Waals surface area contributed by atoms with Gasteiger partial charge in [0.1, 0.15) is 0 Å². The normalized spacial score (nSPS) is 19.0. The van der Waals surface area contributed by atoms with Crippen molar-refractivity contribution in [1.82, 2.24) is 25.0 Å². The first-order chi connectivity index (χ1) is 15.6. The number of hydrogen-bond donors (Lipinski definition) is 1. The summed E-state index contributed by atoms with van der Waals surface area (Å²) in [6.07, 6.45) is 11.0. The van der Waals surface area contributed by atoms with Crippen molar-refractivity contribution in [1.29, 1.82) is 0 Å². The maximum absolute atomic E-state index is 13.0. The highest BCUT2D eigenvalue weighted by Gasteiger charge is 2.26. The fourth-order valence-electron chi connectivity index (χ4n) is 5.22. The summed E-state index contributed by atoms with van der Waals surface area (Å²) < 4.78 is 7.65. The molecule has 0 unspecified atom stereocenters. The van der Waals surface area contributed by atoms with Crippen molar-refractivity contribution in [2.75, 3.05) is 19.6 Å². The Kier molecular flexibility index (Phi) is 7.66. The zero-order valence-electron chi connectivity index (χ0n) is 20.0. The third-order valence-electron chi connectivity index (χ3n) is 7.24. The van der Waals surface area contributed by atoms with Crippen molar-refractivity contribution < 1.29 is 9.53 Å². The Labute approximate surface area is 191 Å². The smallest absolute Gasteiger partial charge is 0.272 e. The fraction of sp³-hybridized carbons (Fsp3) is 0.720. The highest BCUT2D eigenvalue weighted by molar-refractivity contribution is 6.04. The molecule has 0 aromatic carbocycles. The van der Waals surface area contributed by atoms with Gasteiger partial charge in [-0.25, -0.2) is 4.68 Å². The molecule has 32 heavy (non-hydrogen) atoms. The average Bonchev–Trinajstić information content (AvgIpc) is 3.15. The van der Waals surface area contributed by atoms with E-state index >= 15 is 0 Å². The molecule has 176 valence electrons. The molecule has 4 rings (SSSR count). The molecular weight excluding hydrogens is 402 g/mol. The van der Waals surface area contributed by atoms with Gasteiger partial charge < -0.3 is 15.0 Å². The quantitative estimate of drug-likeness (QED) is 0.661. The van der Waals surface area contributed by atoms with Gasteiger partial charge in [0.05, 0.1) is 11.5 Å². The molecule has 2 aromatic heterocycles. The summed E-state index contributed by atoms with van der Waals surface area (Å²) in [6.45, 7) is 7.60. The standard InChI is InChI=1S/C25H39N5O2/c1-4-20(5-2)32-22-12-11-21-23(28-29(3)24(21)27-22)25(31)26-19-13-15-30(16-14-19)17-18-9-7-6-8-10-18/h11-12,18-20H,4-10,13-17H2,1-3H3,(H,26,31). The Morgan fingerprint density at radius 1 is 1.12 bits per heavy atom. The topological polar surface area (TPSA) is 72.3 Å². The van der Waals surface area contributed by atoms with Gasteiger partial charge in [-0.3, -0.25) is 4.79 Å². The minimum absolute atomic E-state index is 0.100. The lowest BCUT2D eigenvalue weighted by molar-refractivity contribution is 0.0897. The second-order valence-electron chi connectivity index (χ2n) is 9.60. The van der Waals surface area contributed by atoms with E-state index in [1.807, 2.05) is 19.2 Å². The third-order valence-corrected chi connectivity index (χ3v) is 7.24. The van der Waals surface area contributed by atoms with Crippen LogP contribution in [0.2, 0.25) is 0 Å². The Balaban J connectivity index is 1.34. The van der Waals surface area contributed by atoms with Crippen LogP contribution in [-0.2, 0) is 7.05 Å². The predicted molar refractivity (Wildman–Crippen MR) is 127 cm³/mol. The summed E-state index contributed by atoms with van der Waals surface area (Å²) in [7, 11) is 1.83. The maximum atomic E-state index is 13.0. The van der Waals surface area contributed by atoms with Crippen molar-refractivity contribution in [2.24, 2.45) is 13.0 Å². The number of aromatic nitrogens is 3. The number of likely N-dealkylation sites (tertiary alicyclic amines) is 1. The van der Waals surface area contributed by atoms with Crippen LogP contribution in [0, 0.1) is 5.92 Å². The van der Waals surface area contributed by atoms with E-state index in [1.54, 1.807) is 4.68 Å². The first kappa shape index (κ1) is 23.0. The molecule has 2 aromatic rings. The first-order valence-electron chi connectivity index (χ1n) is 12.6. The highest BCUT2D eigenvalue weighted by Crippen LogP contribution is 2.26. The summed E-state index contributed by atoms with van der Waals surface area (Å²) in [5.41, 5.74) is 1.13. The summed E-state index contributed by atoms with van der Waals surface area (Å²) in [5, 5.41) is 8.49. The number of rotatable bonds is 8. The molecule has 3 heterocycles. The van der Waals surface area contributed by atoms with Crippen LogP contribution in [0.25, 0.3) is 11.0 Å². The van der Waals surface area contributed by atoms with Gasteiger partial charge in [-0.15, -0.1) is 0 Å². The number of amides is 1. The summed E-state index contributed by atoms with van der Waals surface area (Å²) >= 11 is 0. The summed E-state index contributed by atoms with van der Waals surface area (Å²) in [4.78, 5) is 20.2. The van der Waals surface area contributed by atoms with Gasteiger partial charge in [0, 0.05) is 38.8 Å². The molecule has 1 amide bonds. The molecule has 1 aliphatic carbocycles. The second kappa shape index (κ2) is 10.6. The maximum Gasteiger partial charge on any atom is 0.272 e. The van der Waals surface area contributed by atoms with Gasteiger partial charge in [-0.1, -0.05) is 33.1 Å². The van der Waals surface area contributed by atoms with Crippen LogP contribution in [0.3, 0.4) is 0 Å². The number of ether oxygens (including phenoxy) is 1. The molecule has 2 aliphatic rings. The van der Waals surface area contributed by atoms with Gasteiger partial charge in [-0.05, 0) is 50.5 Å². The predicted octanol–water partition coefficient (Wildman–Crippen LogP) is 4.31. The molecule has 1 N–H and O–H groups in total. The first-order valence-corrected chi connectivity index (χ1v) is 12.6. The lowest BCUT2D eigenvalue weighted by Crippen LogP contribution is -2.46. The lowest BCUT2D eigenvalue weighted by atomic mass is 9.88. The minimum Gasteiger partial charge on any atom is -0.474 e. The van der Waals surface area contributed by atoms with E-state index < -0.39 is 0 Å². The van der Waals surface area contributed by atoms with Crippen molar-refractivity contribution in [3.8, 4) is 5.88 Å². The average molecular weight is 442 g/mol. The molecule has 7 heteroatoms. The third kappa shape index (κ3) is 5.42. The highest BCUT2D eigenvalue weighted by atomic mass is 16.5. The van der Waals surface area contributed by atoms with Crippen LogP contribution >= 0.6 is 0 Å². The number of piperidine rings is 1. The number of pyridine rings is 1. The Bertz CT molecular complexity index is 893. The van der Waals surface area contributed by atoms with Crippen molar-refractivity contribution in [3.63, 3.8) is 0 Å². The molecule has 0 atom stereocenters. The van der Waals surface area contributed by atoms with E-state index in [0.29, 0.717) is 17.2 Å². The number of fused-ring (bicyclic) bond motifs is 1. The molecular formula is C25H39N5O2. The van der Waals surface area contributed by atoms with Crippen LogP contribution in [0.1, 0.15) is 82.1 Å². The minimum atomic E-state index is -0.100. The van der Waals surface area contributed by atoms with Crippen molar-refractivity contribution >= 4 is 16.9 Å². The molecule has 1 aliphatic heterocycles. The van der Waals surface area contributed by atoms with E-state index in [9.17, 15) is 4.79 Å². The van der Waals surface area contributed by atoms with Gasteiger partial charge in [0.25, 0.3) is 5.91 Å². The van der Waals surface area contributed by atoms with Gasteiger partial charge in [0.15, 0.2) is 11.3 Å². The van der Waals surface area contributed by atoms with E-state index in [-0.39, 0.29) is 18.1 Å². The van der Waals surface area contributed by atoms with Crippen molar-refractivity contribution in [3.05, 3.63) is 17.8 Å². The molecule has 0 spiro atoms. The monoisotopic (exact) mass is 441 g/mol. The largest absolute Gasteiger partial charge is 0.474 e. The molecule has 1 saturated heterocycles. The summed E-state index contributed by atoms with van der Waals surface area (Å²) in [6, 6.07) is 3.98. The Hall–Kier alpha value is -2.15. The number of nitrogens with one attached hydrogen (secondary N) is 1.